The van der Waals surface area contributed by atoms with Gasteiger partial charge >= 0.3 is 0 Å². The summed E-state index contributed by atoms with van der Waals surface area (Å²) in [7, 11) is 3.33. The van der Waals surface area contributed by atoms with Crippen LogP contribution < -0.4 is 10.6 Å². The summed E-state index contributed by atoms with van der Waals surface area (Å²) < 4.78 is 11.4. The van der Waals surface area contributed by atoms with Gasteiger partial charge in [-0.3, -0.25) is 9.78 Å². The lowest BCUT2D eigenvalue weighted by molar-refractivity contribution is 0.0175. The molecule has 1 aliphatic rings. The predicted octanol–water partition coefficient (Wildman–Crippen LogP) is 2.79. The van der Waals surface area contributed by atoms with Gasteiger partial charge in [-0.15, -0.1) is 11.3 Å². The van der Waals surface area contributed by atoms with Crippen LogP contribution in [0.4, 0.5) is 5.95 Å². The molecule has 2 N–H and O–H groups in total. The number of hydrogen-bond acceptors (Lipinski definition) is 8. The molecule has 4 rings (SSSR count). The van der Waals surface area contributed by atoms with E-state index in [4.69, 9.17) is 9.47 Å². The van der Waals surface area contributed by atoms with Crippen molar-refractivity contribution in [3.05, 3.63) is 47.2 Å². The van der Waals surface area contributed by atoms with Gasteiger partial charge in [0.15, 0.2) is 5.69 Å². The van der Waals surface area contributed by atoms with E-state index in [-0.39, 0.29) is 24.1 Å². The van der Waals surface area contributed by atoms with Gasteiger partial charge in [0.1, 0.15) is 0 Å². The molecule has 1 saturated carbocycles. The number of nitrogens with zero attached hydrogens (tertiary/aromatic N) is 3. The number of anilines is 1. The van der Waals surface area contributed by atoms with Crippen molar-refractivity contribution < 1.29 is 14.3 Å². The molecule has 3 aromatic rings. The zero-order valence-corrected chi connectivity index (χ0v) is 17.1. The highest BCUT2D eigenvalue weighted by Gasteiger charge is 2.31. The van der Waals surface area contributed by atoms with E-state index in [9.17, 15) is 4.79 Å². The van der Waals surface area contributed by atoms with Gasteiger partial charge in [-0.05, 0) is 35.9 Å². The number of pyridine rings is 1. The minimum atomic E-state index is -0.188. The van der Waals surface area contributed by atoms with Crippen LogP contribution in [0.3, 0.4) is 0 Å². The molecule has 1 atom stereocenters. The van der Waals surface area contributed by atoms with Crippen LogP contribution in [0.5, 0.6) is 0 Å². The van der Waals surface area contributed by atoms with Gasteiger partial charge in [-0.1, -0.05) is 6.07 Å². The maximum Gasteiger partial charge on any atom is 0.271 e. The summed E-state index contributed by atoms with van der Waals surface area (Å²) in [5.74, 6) is 0.197. The Balaban J connectivity index is 1.58. The summed E-state index contributed by atoms with van der Waals surface area (Å²) in [5.41, 5.74) is 2.08. The highest BCUT2D eigenvalue weighted by molar-refractivity contribution is 7.17. The second kappa shape index (κ2) is 8.81. The second-order valence-electron chi connectivity index (χ2n) is 6.97. The molecule has 0 aromatic carbocycles. The number of aromatic nitrogens is 3. The summed E-state index contributed by atoms with van der Waals surface area (Å²) in [4.78, 5) is 26.2. The Morgan fingerprint density at radius 1 is 1.31 bits per heavy atom. The molecule has 29 heavy (non-hydrogen) atoms. The normalized spacial score (nSPS) is 19.5. The van der Waals surface area contributed by atoms with E-state index < -0.39 is 0 Å². The van der Waals surface area contributed by atoms with Gasteiger partial charge in [-0.25, -0.2) is 9.97 Å². The third-order valence-corrected chi connectivity index (χ3v) is 5.92. The Bertz CT molecular complexity index is 975. The lowest BCUT2D eigenvalue weighted by atomic mass is 9.89. The molecule has 9 heteroatoms. The summed E-state index contributed by atoms with van der Waals surface area (Å²) in [6.45, 7) is 0.415. The Hall–Kier alpha value is -2.62. The molecule has 3 heterocycles. The summed E-state index contributed by atoms with van der Waals surface area (Å²) in [5, 5.41) is 8.25. The Morgan fingerprint density at radius 3 is 2.90 bits per heavy atom. The Labute approximate surface area is 172 Å². The molecule has 0 aliphatic heterocycles. The van der Waals surface area contributed by atoms with Gasteiger partial charge < -0.3 is 20.1 Å². The topological polar surface area (TPSA) is 98.3 Å². The van der Waals surface area contributed by atoms with Crippen LogP contribution in [0.2, 0.25) is 0 Å². The van der Waals surface area contributed by atoms with E-state index in [1.165, 1.54) is 11.3 Å². The average molecular weight is 414 g/mol. The van der Waals surface area contributed by atoms with Crippen molar-refractivity contribution in [2.24, 2.45) is 0 Å². The molecule has 0 saturated heterocycles. The molecule has 1 unspecified atom stereocenters. The van der Waals surface area contributed by atoms with Gasteiger partial charge in [0.25, 0.3) is 5.91 Å². The number of carbonyl (C=O) groups is 1. The molecular formula is C20H23N5O3S. The van der Waals surface area contributed by atoms with Gasteiger partial charge in [0.2, 0.25) is 5.95 Å². The molecular weight excluding hydrogens is 390 g/mol. The average Bonchev–Trinajstić information content (AvgIpc) is 3.18. The van der Waals surface area contributed by atoms with Crippen LogP contribution in [-0.2, 0) is 9.47 Å². The monoisotopic (exact) mass is 413 g/mol. The van der Waals surface area contributed by atoms with Gasteiger partial charge in [0.05, 0.1) is 29.0 Å². The fraction of sp³-hybridized carbons (Fsp3) is 0.400. The number of hydrogen-bond donors (Lipinski definition) is 2. The van der Waals surface area contributed by atoms with Crippen molar-refractivity contribution in [2.75, 3.05) is 26.1 Å². The minimum Gasteiger partial charge on any atom is -0.382 e. The van der Waals surface area contributed by atoms with Crippen molar-refractivity contribution in [1.29, 1.82) is 0 Å². The molecule has 152 valence electrons. The molecule has 1 fully saturated rings. The Kier molecular flexibility index (Phi) is 5.98. The van der Waals surface area contributed by atoms with Crippen molar-refractivity contribution in [2.45, 2.75) is 31.0 Å². The summed E-state index contributed by atoms with van der Waals surface area (Å²) in [6.07, 6.45) is 5.36. The van der Waals surface area contributed by atoms with Crippen molar-refractivity contribution in [3.8, 4) is 0 Å². The number of amides is 1. The van der Waals surface area contributed by atoms with Crippen LogP contribution in [0.1, 0.15) is 34.9 Å². The smallest absolute Gasteiger partial charge is 0.271 e. The standard InChI is InChI=1S/C20H23N5O3S/c1-27-11-16(12-4-3-6-21-10-12)24-20-23-15-5-7-29-18(15)17(25-20)19(26)22-13-8-14(9-13)28-2/h3-7,10,13-14,16H,8-9,11H2,1-2H3,(H,22,26)(H,23,24,25). The highest BCUT2D eigenvalue weighted by atomic mass is 32.1. The Morgan fingerprint density at radius 2 is 2.17 bits per heavy atom. The minimum absolute atomic E-state index is 0.116. The third kappa shape index (κ3) is 4.36. The van der Waals surface area contributed by atoms with Crippen molar-refractivity contribution in [1.82, 2.24) is 20.3 Å². The fourth-order valence-corrected chi connectivity index (χ4v) is 4.15. The number of methoxy groups -OCH3 is 2. The van der Waals surface area contributed by atoms with Crippen LogP contribution in [0.15, 0.2) is 36.0 Å². The van der Waals surface area contributed by atoms with E-state index in [0.717, 1.165) is 28.6 Å². The van der Waals surface area contributed by atoms with E-state index in [1.807, 2.05) is 23.6 Å². The number of rotatable bonds is 8. The molecule has 3 aromatic heterocycles. The molecule has 0 radical (unpaired) electrons. The SMILES string of the molecule is COCC(Nc1nc(C(=O)NC2CC(OC)C2)c2sccc2n1)c1cccnc1. The van der Waals surface area contributed by atoms with Crippen LogP contribution in [-0.4, -0.2) is 53.8 Å². The largest absolute Gasteiger partial charge is 0.382 e. The van der Waals surface area contributed by atoms with E-state index >= 15 is 0 Å². The lowest BCUT2D eigenvalue weighted by Gasteiger charge is -2.34. The van der Waals surface area contributed by atoms with Gasteiger partial charge in [-0.2, -0.15) is 0 Å². The summed E-state index contributed by atoms with van der Waals surface area (Å²) >= 11 is 1.46. The number of thiophene rings is 1. The molecule has 8 nitrogen and oxygen atoms in total. The summed E-state index contributed by atoms with van der Waals surface area (Å²) in [6, 6.07) is 5.65. The zero-order valence-electron chi connectivity index (χ0n) is 16.3. The first kappa shape index (κ1) is 19.7. The predicted molar refractivity (Wildman–Crippen MR) is 111 cm³/mol. The van der Waals surface area contributed by atoms with E-state index in [2.05, 4.69) is 25.6 Å². The van der Waals surface area contributed by atoms with Crippen LogP contribution in [0, 0.1) is 0 Å². The highest BCUT2D eigenvalue weighted by Crippen LogP contribution is 2.27. The van der Waals surface area contributed by atoms with Crippen LogP contribution in [0.25, 0.3) is 10.2 Å². The van der Waals surface area contributed by atoms with Crippen molar-refractivity contribution in [3.63, 3.8) is 0 Å². The second-order valence-corrected chi connectivity index (χ2v) is 7.89. The van der Waals surface area contributed by atoms with E-state index in [1.54, 1.807) is 26.6 Å². The number of nitrogens with one attached hydrogen (secondary N) is 2. The maximum absolute atomic E-state index is 12.9. The number of ether oxygens (including phenoxy) is 2. The molecule has 1 amide bonds. The molecule has 1 aliphatic carbocycles. The van der Waals surface area contributed by atoms with Crippen molar-refractivity contribution >= 4 is 33.4 Å². The first-order valence-corrected chi connectivity index (χ1v) is 10.3. The third-order valence-electron chi connectivity index (χ3n) is 5.01. The lowest BCUT2D eigenvalue weighted by Crippen LogP contribution is -2.47. The van der Waals surface area contributed by atoms with Crippen LogP contribution >= 0.6 is 11.3 Å². The first-order chi connectivity index (χ1) is 14.2. The molecule has 0 spiro atoms. The zero-order chi connectivity index (χ0) is 20.2. The van der Waals surface area contributed by atoms with Gasteiger partial charge in [0, 0.05) is 32.7 Å². The number of carbonyl (C=O) groups excluding carboxylic acids is 1. The molecule has 0 bridgehead atoms. The van der Waals surface area contributed by atoms with E-state index in [0.29, 0.717) is 18.2 Å². The number of fused-ring (bicyclic) bond motifs is 1. The quantitative estimate of drug-likeness (QED) is 0.586. The first-order valence-electron chi connectivity index (χ1n) is 9.42. The maximum atomic E-state index is 12.9. The fourth-order valence-electron chi connectivity index (χ4n) is 3.34.